The van der Waals surface area contributed by atoms with Crippen LogP contribution in [0.5, 0.6) is 0 Å². The second kappa shape index (κ2) is 4.25. The maximum Gasteiger partial charge on any atom is 0.414 e. The van der Waals surface area contributed by atoms with Gasteiger partial charge >= 0.3 is 4.94 Å². The van der Waals surface area contributed by atoms with Crippen LogP contribution in [0.1, 0.15) is 0 Å². The Balaban J connectivity index is 2.81. The van der Waals surface area contributed by atoms with Crippen molar-refractivity contribution in [3.8, 4) is 11.5 Å². The SMILES string of the molecule is CS(=O)(=O)c1cccc(Cl)c1-c1nsc(=O)o1. The largest absolute Gasteiger partial charge is 0.414 e. The molecule has 2 rings (SSSR count). The Bertz CT molecular complexity index is 717. The first kappa shape index (κ1) is 12.3. The molecule has 90 valence electrons. The molecule has 1 aromatic heterocycles. The van der Waals surface area contributed by atoms with Crippen molar-refractivity contribution in [2.45, 2.75) is 4.90 Å². The van der Waals surface area contributed by atoms with Gasteiger partial charge in [-0.15, -0.1) is 4.37 Å². The van der Waals surface area contributed by atoms with Gasteiger partial charge in [0.15, 0.2) is 9.84 Å². The van der Waals surface area contributed by atoms with Crippen LogP contribution in [-0.2, 0) is 9.84 Å². The average Bonchev–Trinajstić information content (AvgIpc) is 2.63. The van der Waals surface area contributed by atoms with Crippen LogP contribution in [0.15, 0.2) is 32.3 Å². The molecule has 0 fully saturated rings. The lowest BCUT2D eigenvalue weighted by Gasteiger charge is -2.05. The number of rotatable bonds is 2. The Hall–Kier alpha value is -1.18. The summed E-state index contributed by atoms with van der Waals surface area (Å²) in [5.41, 5.74) is 0.120. The third-order valence-corrected chi connectivity index (χ3v) is 3.92. The zero-order valence-electron chi connectivity index (χ0n) is 8.51. The molecule has 0 aliphatic rings. The van der Waals surface area contributed by atoms with Crippen LogP contribution >= 0.6 is 23.1 Å². The maximum atomic E-state index is 11.6. The molecule has 0 aliphatic carbocycles. The number of nitrogens with zero attached hydrogens (tertiary/aromatic N) is 1. The standard InChI is InChI=1S/C9H6ClNO4S2/c1-17(13,14)6-4-2-3-5(10)7(6)8-11-16-9(12)15-8/h2-4H,1H3. The number of benzene rings is 1. The highest BCUT2D eigenvalue weighted by atomic mass is 35.5. The fourth-order valence-corrected chi connectivity index (χ4v) is 2.92. The summed E-state index contributed by atoms with van der Waals surface area (Å²) in [6.07, 6.45) is 1.05. The number of aromatic nitrogens is 1. The number of sulfone groups is 1. The quantitative estimate of drug-likeness (QED) is 0.843. The molecule has 0 spiro atoms. The minimum atomic E-state index is -3.48. The third-order valence-electron chi connectivity index (χ3n) is 1.97. The summed E-state index contributed by atoms with van der Waals surface area (Å²) in [6.45, 7) is 0. The van der Waals surface area contributed by atoms with Gasteiger partial charge in [0.25, 0.3) is 0 Å². The minimum Gasteiger partial charge on any atom is -0.394 e. The molecule has 2 aromatic rings. The topological polar surface area (TPSA) is 77.2 Å². The molecule has 0 bridgehead atoms. The van der Waals surface area contributed by atoms with Crippen LogP contribution in [0.3, 0.4) is 0 Å². The summed E-state index contributed by atoms with van der Waals surface area (Å²) < 4.78 is 31.7. The maximum absolute atomic E-state index is 11.6. The van der Waals surface area contributed by atoms with Gasteiger partial charge in [-0.2, -0.15) is 0 Å². The van der Waals surface area contributed by atoms with Crippen LogP contribution in [0.2, 0.25) is 5.02 Å². The summed E-state index contributed by atoms with van der Waals surface area (Å²) in [4.78, 5) is 10.3. The van der Waals surface area contributed by atoms with E-state index in [9.17, 15) is 13.2 Å². The van der Waals surface area contributed by atoms with Gasteiger partial charge in [-0.25, -0.2) is 13.2 Å². The zero-order chi connectivity index (χ0) is 12.6. The van der Waals surface area contributed by atoms with Crippen LogP contribution in [0, 0.1) is 0 Å². The van der Waals surface area contributed by atoms with Crippen molar-refractivity contribution in [3.63, 3.8) is 0 Å². The highest BCUT2D eigenvalue weighted by molar-refractivity contribution is 7.90. The van der Waals surface area contributed by atoms with Crippen molar-refractivity contribution in [1.82, 2.24) is 4.37 Å². The Kier molecular flexibility index (Phi) is 3.07. The van der Waals surface area contributed by atoms with Gasteiger partial charge in [0, 0.05) is 6.26 Å². The van der Waals surface area contributed by atoms with Gasteiger partial charge in [0.1, 0.15) is 0 Å². The molecule has 1 heterocycles. The molecule has 0 radical (unpaired) electrons. The lowest BCUT2D eigenvalue weighted by molar-refractivity contribution is 0.540. The van der Waals surface area contributed by atoms with E-state index in [2.05, 4.69) is 4.37 Å². The summed E-state index contributed by atoms with van der Waals surface area (Å²) in [5, 5.41) is 0.168. The summed E-state index contributed by atoms with van der Waals surface area (Å²) in [5.74, 6) is -0.0778. The highest BCUT2D eigenvalue weighted by Gasteiger charge is 2.21. The molecule has 0 saturated heterocycles. The normalized spacial score (nSPS) is 11.6. The highest BCUT2D eigenvalue weighted by Crippen LogP contribution is 2.32. The van der Waals surface area contributed by atoms with Crippen LogP contribution in [0.4, 0.5) is 0 Å². The van der Waals surface area contributed by atoms with Crippen LogP contribution in [-0.4, -0.2) is 19.0 Å². The van der Waals surface area contributed by atoms with E-state index in [-0.39, 0.29) is 21.4 Å². The van der Waals surface area contributed by atoms with E-state index in [1.165, 1.54) is 18.2 Å². The van der Waals surface area contributed by atoms with Crippen molar-refractivity contribution in [3.05, 3.63) is 33.0 Å². The predicted molar refractivity (Wildman–Crippen MR) is 64.2 cm³/mol. The first-order chi connectivity index (χ1) is 7.89. The zero-order valence-corrected chi connectivity index (χ0v) is 10.9. The van der Waals surface area contributed by atoms with Crippen LogP contribution in [0.25, 0.3) is 11.5 Å². The Labute approximate surface area is 106 Å². The first-order valence-corrected chi connectivity index (χ1v) is 7.39. The van der Waals surface area contributed by atoms with E-state index in [4.69, 9.17) is 16.0 Å². The minimum absolute atomic E-state index is 0.0148. The molecule has 0 amide bonds. The Morgan fingerprint density at radius 1 is 1.41 bits per heavy atom. The van der Waals surface area contributed by atoms with Crippen molar-refractivity contribution in [1.29, 1.82) is 0 Å². The lowest BCUT2D eigenvalue weighted by atomic mass is 10.2. The van der Waals surface area contributed by atoms with E-state index in [1.807, 2.05) is 0 Å². The average molecular weight is 292 g/mol. The smallest absolute Gasteiger partial charge is 0.394 e. The van der Waals surface area contributed by atoms with Gasteiger partial charge in [0.05, 0.1) is 27.0 Å². The Morgan fingerprint density at radius 2 is 2.12 bits per heavy atom. The fraction of sp³-hybridized carbons (Fsp3) is 0.111. The van der Waals surface area contributed by atoms with E-state index in [0.29, 0.717) is 11.5 Å². The van der Waals surface area contributed by atoms with Gasteiger partial charge in [-0.05, 0) is 12.1 Å². The number of halogens is 1. The molecule has 17 heavy (non-hydrogen) atoms. The van der Waals surface area contributed by atoms with Crippen molar-refractivity contribution >= 4 is 33.0 Å². The first-order valence-electron chi connectivity index (χ1n) is 4.35. The van der Waals surface area contributed by atoms with Gasteiger partial charge in [-0.3, -0.25) is 0 Å². The molecule has 1 aromatic carbocycles. The molecule has 0 saturated carbocycles. The second-order valence-electron chi connectivity index (χ2n) is 3.22. The number of hydrogen-bond acceptors (Lipinski definition) is 6. The molecular weight excluding hydrogens is 286 g/mol. The van der Waals surface area contributed by atoms with Crippen molar-refractivity contribution in [2.75, 3.05) is 6.26 Å². The fourth-order valence-electron chi connectivity index (χ4n) is 1.31. The van der Waals surface area contributed by atoms with Gasteiger partial charge in [0.2, 0.25) is 5.89 Å². The summed E-state index contributed by atoms with van der Waals surface area (Å²) in [7, 11) is -3.48. The predicted octanol–water partition coefficient (Wildman–Crippen LogP) is 1.82. The molecular formula is C9H6ClNO4S2. The van der Waals surface area contributed by atoms with E-state index >= 15 is 0 Å². The van der Waals surface area contributed by atoms with E-state index in [0.717, 1.165) is 6.26 Å². The van der Waals surface area contributed by atoms with E-state index < -0.39 is 14.8 Å². The molecule has 0 aliphatic heterocycles. The molecule has 0 unspecified atom stereocenters. The monoisotopic (exact) mass is 291 g/mol. The van der Waals surface area contributed by atoms with E-state index in [1.54, 1.807) is 0 Å². The molecule has 0 atom stereocenters. The lowest BCUT2D eigenvalue weighted by Crippen LogP contribution is -2.00. The van der Waals surface area contributed by atoms with Crippen LogP contribution < -0.4 is 4.94 Å². The van der Waals surface area contributed by atoms with Crippen molar-refractivity contribution < 1.29 is 12.8 Å². The third kappa shape index (κ3) is 2.41. The second-order valence-corrected chi connectivity index (χ2v) is 6.31. The summed E-state index contributed by atoms with van der Waals surface area (Å²) in [6, 6.07) is 4.40. The van der Waals surface area contributed by atoms with Crippen molar-refractivity contribution in [2.24, 2.45) is 0 Å². The summed E-state index contributed by atoms with van der Waals surface area (Å²) >= 11 is 6.52. The van der Waals surface area contributed by atoms with Gasteiger partial charge < -0.3 is 4.42 Å². The molecule has 8 heteroatoms. The molecule has 0 N–H and O–H groups in total. The van der Waals surface area contributed by atoms with Gasteiger partial charge in [-0.1, -0.05) is 17.7 Å². The molecule has 5 nitrogen and oxygen atoms in total. The Morgan fingerprint density at radius 3 is 2.65 bits per heavy atom. The number of hydrogen-bond donors (Lipinski definition) is 0.